The first-order valence-electron chi connectivity index (χ1n) is 21.6. The fraction of sp³-hybridized carbons (Fsp3) is 0.953. The first-order chi connectivity index (χ1) is 23.6. The molecule has 0 aromatic heterocycles. The maximum atomic E-state index is 12.2. The number of carbonyl (C=O) groups is 2. The first kappa shape index (κ1) is 46.9. The lowest BCUT2D eigenvalue weighted by Crippen LogP contribution is -2.28. The van der Waals surface area contributed by atoms with Gasteiger partial charge in [-0.2, -0.15) is 0 Å². The second kappa shape index (κ2) is 40.3. The maximum absolute atomic E-state index is 12.2. The monoisotopic (exact) mass is 681 g/mol. The van der Waals surface area contributed by atoms with Gasteiger partial charge in [-0.1, -0.05) is 219 Å². The fourth-order valence-electron chi connectivity index (χ4n) is 6.62. The van der Waals surface area contributed by atoms with Gasteiger partial charge in [0.1, 0.15) is 6.61 Å². The lowest BCUT2D eigenvalue weighted by molar-refractivity contribution is -0.161. The molecule has 0 radical (unpaired) electrons. The third-order valence-corrected chi connectivity index (χ3v) is 9.90. The predicted molar refractivity (Wildman–Crippen MR) is 205 cm³/mol. The van der Waals surface area contributed by atoms with Crippen molar-refractivity contribution in [3.63, 3.8) is 0 Å². The quantitative estimate of drug-likeness (QED) is 0.0515. The van der Waals surface area contributed by atoms with Crippen LogP contribution in [0, 0.1) is 0 Å². The first-order valence-corrected chi connectivity index (χ1v) is 21.6. The summed E-state index contributed by atoms with van der Waals surface area (Å²) in [5.74, 6) is -0.573. The molecule has 0 amide bonds. The molecule has 0 aliphatic heterocycles. The molecule has 0 saturated carbocycles. The molecular weight excluding hydrogens is 596 g/mol. The molecule has 0 aliphatic rings. The van der Waals surface area contributed by atoms with Crippen LogP contribution in [0.25, 0.3) is 0 Å². The van der Waals surface area contributed by atoms with Crippen molar-refractivity contribution in [3.05, 3.63) is 0 Å². The Bertz CT molecular complexity index is 651. The van der Waals surface area contributed by atoms with Crippen LogP contribution in [0.2, 0.25) is 0 Å². The van der Waals surface area contributed by atoms with Gasteiger partial charge >= 0.3 is 11.9 Å². The predicted octanol–water partition coefficient (Wildman–Crippen LogP) is 13.5. The molecule has 0 bridgehead atoms. The van der Waals surface area contributed by atoms with E-state index in [9.17, 15) is 14.7 Å². The van der Waals surface area contributed by atoms with E-state index in [1.807, 2.05) is 0 Å². The summed E-state index contributed by atoms with van der Waals surface area (Å²) in [4.78, 5) is 24.3. The summed E-state index contributed by atoms with van der Waals surface area (Å²) in [6, 6.07) is 0. The number of aliphatic hydroxyl groups is 1. The summed E-state index contributed by atoms with van der Waals surface area (Å²) < 4.78 is 10.6. The number of hydrogen-bond donors (Lipinski definition) is 1. The summed E-state index contributed by atoms with van der Waals surface area (Å²) >= 11 is 0. The van der Waals surface area contributed by atoms with E-state index in [1.165, 1.54) is 186 Å². The average Bonchev–Trinajstić information content (AvgIpc) is 3.09. The van der Waals surface area contributed by atoms with Crippen molar-refractivity contribution in [2.24, 2.45) is 0 Å². The number of ether oxygens (including phenoxy) is 2. The summed E-state index contributed by atoms with van der Waals surface area (Å²) in [5.41, 5.74) is 0. The second-order valence-corrected chi connectivity index (χ2v) is 14.8. The van der Waals surface area contributed by atoms with Gasteiger partial charge in [0.05, 0.1) is 6.61 Å². The zero-order valence-electron chi connectivity index (χ0n) is 32.5. The molecule has 1 unspecified atom stereocenters. The lowest BCUT2D eigenvalue weighted by Gasteiger charge is -2.15. The van der Waals surface area contributed by atoms with Gasteiger partial charge in [-0.25, -0.2) is 0 Å². The van der Waals surface area contributed by atoms with E-state index in [1.54, 1.807) is 0 Å². The van der Waals surface area contributed by atoms with E-state index >= 15 is 0 Å². The van der Waals surface area contributed by atoms with Crippen LogP contribution in [0.3, 0.4) is 0 Å². The largest absolute Gasteiger partial charge is 0.462 e. The molecule has 0 saturated heterocycles. The van der Waals surface area contributed by atoms with Gasteiger partial charge in [0.15, 0.2) is 6.10 Å². The third kappa shape index (κ3) is 37.7. The Morgan fingerprint density at radius 2 is 0.646 bits per heavy atom. The normalized spacial score (nSPS) is 12.0. The van der Waals surface area contributed by atoms with Crippen LogP contribution >= 0.6 is 0 Å². The number of hydrogen-bond acceptors (Lipinski definition) is 5. The van der Waals surface area contributed by atoms with Gasteiger partial charge < -0.3 is 14.6 Å². The van der Waals surface area contributed by atoms with Gasteiger partial charge in [0.25, 0.3) is 0 Å². The molecule has 1 N–H and O–H groups in total. The van der Waals surface area contributed by atoms with E-state index < -0.39 is 6.10 Å². The van der Waals surface area contributed by atoms with E-state index in [0.29, 0.717) is 12.8 Å². The Kier molecular flexibility index (Phi) is 39.4. The second-order valence-electron chi connectivity index (χ2n) is 14.8. The molecule has 48 heavy (non-hydrogen) atoms. The third-order valence-electron chi connectivity index (χ3n) is 9.90. The molecule has 0 heterocycles. The van der Waals surface area contributed by atoms with Gasteiger partial charge in [0, 0.05) is 12.8 Å². The molecule has 286 valence electrons. The zero-order chi connectivity index (χ0) is 35.0. The van der Waals surface area contributed by atoms with Gasteiger partial charge in [-0.15, -0.1) is 0 Å². The van der Waals surface area contributed by atoms with Crippen molar-refractivity contribution >= 4 is 11.9 Å². The molecule has 0 aromatic rings. The summed E-state index contributed by atoms with van der Waals surface area (Å²) in [5, 5.41) is 9.56. The minimum atomic E-state index is -0.761. The van der Waals surface area contributed by atoms with Crippen molar-refractivity contribution in [1.29, 1.82) is 0 Å². The Morgan fingerprint density at radius 3 is 0.917 bits per heavy atom. The van der Waals surface area contributed by atoms with Crippen LogP contribution in [0.15, 0.2) is 0 Å². The highest BCUT2D eigenvalue weighted by Crippen LogP contribution is 2.16. The lowest BCUT2D eigenvalue weighted by atomic mass is 10.0. The molecule has 5 nitrogen and oxygen atoms in total. The molecule has 0 rings (SSSR count). The van der Waals surface area contributed by atoms with Crippen molar-refractivity contribution < 1.29 is 24.2 Å². The SMILES string of the molecule is CCCCCCCCCCCCCCCCCCCCCCCC(=O)OCC(CO)OC(=O)CCCCCCCCCCCCCCC. The van der Waals surface area contributed by atoms with Crippen LogP contribution < -0.4 is 0 Å². The molecular formula is C43H84O5. The molecule has 0 fully saturated rings. The maximum Gasteiger partial charge on any atom is 0.306 e. The van der Waals surface area contributed by atoms with Gasteiger partial charge in [-0.3, -0.25) is 9.59 Å². The molecule has 0 aromatic carbocycles. The van der Waals surface area contributed by atoms with Crippen LogP contribution in [-0.2, 0) is 19.1 Å². The van der Waals surface area contributed by atoms with E-state index in [2.05, 4.69) is 13.8 Å². The number of esters is 2. The standard InChI is InChI=1S/C43H84O5/c1-3-5-7-9-11-13-15-17-18-19-20-21-22-23-24-26-27-29-31-33-35-37-42(45)47-40-41(39-44)48-43(46)38-36-34-32-30-28-25-16-14-12-10-8-6-4-2/h41,44H,3-40H2,1-2H3. The number of carbonyl (C=O) groups excluding carboxylic acids is 2. The highest BCUT2D eigenvalue weighted by atomic mass is 16.6. The number of rotatable bonds is 40. The Balaban J connectivity index is 3.44. The van der Waals surface area contributed by atoms with Crippen LogP contribution in [0.4, 0.5) is 0 Å². The van der Waals surface area contributed by atoms with Crippen LogP contribution in [0.5, 0.6) is 0 Å². The van der Waals surface area contributed by atoms with Crippen molar-refractivity contribution in [1.82, 2.24) is 0 Å². The van der Waals surface area contributed by atoms with Crippen molar-refractivity contribution in [2.45, 2.75) is 251 Å². The zero-order valence-corrected chi connectivity index (χ0v) is 32.5. The van der Waals surface area contributed by atoms with E-state index in [4.69, 9.17) is 9.47 Å². The Hall–Kier alpha value is -1.10. The van der Waals surface area contributed by atoms with E-state index in [-0.39, 0.29) is 25.2 Å². The topological polar surface area (TPSA) is 72.8 Å². The Morgan fingerprint density at radius 1 is 0.396 bits per heavy atom. The fourth-order valence-corrected chi connectivity index (χ4v) is 6.62. The van der Waals surface area contributed by atoms with Crippen molar-refractivity contribution in [3.8, 4) is 0 Å². The number of aliphatic hydroxyl groups excluding tert-OH is 1. The molecule has 0 spiro atoms. The molecule has 5 heteroatoms. The summed E-state index contributed by atoms with van der Waals surface area (Å²) in [6.07, 6.45) is 44.6. The van der Waals surface area contributed by atoms with Crippen molar-refractivity contribution in [2.75, 3.05) is 13.2 Å². The highest BCUT2D eigenvalue weighted by molar-refractivity contribution is 5.70. The van der Waals surface area contributed by atoms with Crippen LogP contribution in [-0.4, -0.2) is 36.4 Å². The molecule has 0 aliphatic carbocycles. The molecule has 1 atom stereocenters. The van der Waals surface area contributed by atoms with Gasteiger partial charge in [-0.05, 0) is 12.8 Å². The smallest absolute Gasteiger partial charge is 0.306 e. The Labute approximate surface area is 299 Å². The minimum absolute atomic E-state index is 0.0566. The highest BCUT2D eigenvalue weighted by Gasteiger charge is 2.16. The summed E-state index contributed by atoms with van der Waals surface area (Å²) in [7, 11) is 0. The van der Waals surface area contributed by atoms with Crippen LogP contribution in [0.1, 0.15) is 245 Å². The summed E-state index contributed by atoms with van der Waals surface area (Å²) in [6.45, 7) is 4.17. The number of unbranched alkanes of at least 4 members (excludes halogenated alkanes) is 32. The minimum Gasteiger partial charge on any atom is -0.462 e. The average molecular weight is 681 g/mol. The van der Waals surface area contributed by atoms with Gasteiger partial charge in [0.2, 0.25) is 0 Å². The van der Waals surface area contributed by atoms with E-state index in [0.717, 1.165) is 32.1 Å².